The van der Waals surface area contributed by atoms with Crippen molar-refractivity contribution in [2.24, 2.45) is 0 Å². The highest BCUT2D eigenvalue weighted by molar-refractivity contribution is 5.97. The predicted octanol–water partition coefficient (Wildman–Crippen LogP) is 3.67. The maximum absolute atomic E-state index is 12.3. The van der Waals surface area contributed by atoms with Gasteiger partial charge in [-0.1, -0.05) is 18.2 Å². The molecule has 138 valence electrons. The van der Waals surface area contributed by atoms with Crippen LogP contribution in [0.3, 0.4) is 0 Å². The van der Waals surface area contributed by atoms with Crippen LogP contribution in [0, 0.1) is 0 Å². The normalized spacial score (nSPS) is 11.6. The summed E-state index contributed by atoms with van der Waals surface area (Å²) in [4.78, 5) is 24.5. The lowest BCUT2D eigenvalue weighted by Gasteiger charge is -2.16. The molecule has 0 aromatic heterocycles. The predicted molar refractivity (Wildman–Crippen MR) is 98.7 cm³/mol. The van der Waals surface area contributed by atoms with Crippen molar-refractivity contribution < 1.29 is 23.8 Å². The quantitative estimate of drug-likeness (QED) is 0.766. The van der Waals surface area contributed by atoms with E-state index in [0.29, 0.717) is 17.2 Å². The van der Waals surface area contributed by atoms with E-state index in [0.717, 1.165) is 0 Å². The Kier molecular flexibility index (Phi) is 6.60. The fourth-order valence-corrected chi connectivity index (χ4v) is 2.19. The number of rotatable bonds is 7. The molecule has 1 amide bonds. The Bertz CT molecular complexity index is 758. The summed E-state index contributed by atoms with van der Waals surface area (Å²) >= 11 is 0. The minimum absolute atomic E-state index is 0.0246. The molecule has 1 atom stereocenters. The van der Waals surface area contributed by atoms with Crippen LogP contribution in [-0.4, -0.2) is 31.2 Å². The van der Waals surface area contributed by atoms with Crippen LogP contribution >= 0.6 is 0 Å². The number of nitrogens with one attached hydrogen (secondary N) is 1. The van der Waals surface area contributed by atoms with Crippen molar-refractivity contribution in [1.29, 1.82) is 0 Å². The number of hydrogen-bond donors (Lipinski definition) is 1. The third-order valence-corrected chi connectivity index (χ3v) is 3.46. The Morgan fingerprint density at radius 1 is 0.962 bits per heavy atom. The van der Waals surface area contributed by atoms with Crippen molar-refractivity contribution >= 4 is 17.6 Å². The van der Waals surface area contributed by atoms with Gasteiger partial charge in [0.1, 0.15) is 0 Å². The molecule has 2 rings (SSSR count). The van der Waals surface area contributed by atoms with Gasteiger partial charge < -0.3 is 19.5 Å². The van der Waals surface area contributed by atoms with Crippen molar-refractivity contribution in [3.05, 3.63) is 54.1 Å². The van der Waals surface area contributed by atoms with Crippen LogP contribution < -0.4 is 14.8 Å². The first-order valence-corrected chi connectivity index (χ1v) is 8.32. The van der Waals surface area contributed by atoms with E-state index in [1.807, 2.05) is 19.9 Å². The number of benzene rings is 2. The summed E-state index contributed by atoms with van der Waals surface area (Å²) in [7, 11) is 1.49. The van der Waals surface area contributed by atoms with E-state index in [9.17, 15) is 9.59 Å². The van der Waals surface area contributed by atoms with Gasteiger partial charge in [-0.15, -0.1) is 0 Å². The Morgan fingerprint density at radius 2 is 1.65 bits per heavy atom. The molecule has 0 aliphatic carbocycles. The number of esters is 1. The number of anilines is 1. The lowest BCUT2D eigenvalue weighted by molar-refractivity contribution is -0.123. The highest BCUT2D eigenvalue weighted by atomic mass is 16.5. The van der Waals surface area contributed by atoms with Gasteiger partial charge in [0.2, 0.25) is 0 Å². The first kappa shape index (κ1) is 19.3. The number of carbonyl (C=O) groups excluding carboxylic acids is 2. The molecule has 1 unspecified atom stereocenters. The van der Waals surface area contributed by atoms with Gasteiger partial charge >= 0.3 is 5.97 Å². The average Bonchev–Trinajstić information content (AvgIpc) is 2.62. The SMILES string of the molecule is COc1cc(C(=O)OC(C)C(=O)Nc2ccccc2)ccc1OC(C)C. The Labute approximate surface area is 153 Å². The number of ether oxygens (including phenoxy) is 3. The molecule has 0 saturated heterocycles. The van der Waals surface area contributed by atoms with Gasteiger partial charge in [0, 0.05) is 5.69 Å². The first-order chi connectivity index (χ1) is 12.4. The van der Waals surface area contributed by atoms with Crippen LogP contribution in [-0.2, 0) is 9.53 Å². The fourth-order valence-electron chi connectivity index (χ4n) is 2.19. The van der Waals surface area contributed by atoms with Gasteiger partial charge in [0.05, 0.1) is 18.8 Å². The number of methoxy groups -OCH3 is 1. The molecule has 0 spiro atoms. The molecule has 1 N–H and O–H groups in total. The first-order valence-electron chi connectivity index (χ1n) is 8.32. The summed E-state index contributed by atoms with van der Waals surface area (Å²) in [6.45, 7) is 5.31. The van der Waals surface area contributed by atoms with E-state index in [-0.39, 0.29) is 11.7 Å². The zero-order valence-corrected chi connectivity index (χ0v) is 15.3. The van der Waals surface area contributed by atoms with Crippen molar-refractivity contribution in [3.8, 4) is 11.5 Å². The van der Waals surface area contributed by atoms with Crippen LogP contribution in [0.1, 0.15) is 31.1 Å². The monoisotopic (exact) mass is 357 g/mol. The van der Waals surface area contributed by atoms with Crippen LogP contribution in [0.15, 0.2) is 48.5 Å². The molecule has 6 nitrogen and oxygen atoms in total. The van der Waals surface area contributed by atoms with Gasteiger partial charge in [-0.05, 0) is 51.1 Å². The van der Waals surface area contributed by atoms with Crippen LogP contribution in [0.25, 0.3) is 0 Å². The molecule has 0 heterocycles. The van der Waals surface area contributed by atoms with E-state index >= 15 is 0 Å². The van der Waals surface area contributed by atoms with Crippen LogP contribution in [0.5, 0.6) is 11.5 Å². The molecule has 0 radical (unpaired) electrons. The van der Waals surface area contributed by atoms with Gasteiger partial charge in [-0.25, -0.2) is 4.79 Å². The maximum atomic E-state index is 12.3. The summed E-state index contributed by atoms with van der Waals surface area (Å²) in [5.74, 6) is -0.0603. The van der Waals surface area contributed by atoms with Gasteiger partial charge in [-0.2, -0.15) is 0 Å². The zero-order valence-electron chi connectivity index (χ0n) is 15.3. The molecular formula is C20H23NO5. The third kappa shape index (κ3) is 5.24. The van der Waals surface area contributed by atoms with Crippen LogP contribution in [0.2, 0.25) is 0 Å². The highest BCUT2D eigenvalue weighted by Crippen LogP contribution is 2.29. The summed E-state index contributed by atoms with van der Waals surface area (Å²) in [5.41, 5.74) is 0.912. The summed E-state index contributed by atoms with van der Waals surface area (Å²) in [6.07, 6.45) is -0.969. The minimum Gasteiger partial charge on any atom is -0.493 e. The molecule has 2 aromatic rings. The Balaban J connectivity index is 2.03. The summed E-state index contributed by atoms with van der Waals surface area (Å²) < 4.78 is 16.1. The van der Waals surface area contributed by atoms with Crippen molar-refractivity contribution in [2.45, 2.75) is 33.0 Å². The van der Waals surface area contributed by atoms with E-state index in [2.05, 4.69) is 5.32 Å². The molecule has 0 saturated carbocycles. The number of carbonyl (C=O) groups is 2. The lowest BCUT2D eigenvalue weighted by atomic mass is 10.2. The summed E-state index contributed by atoms with van der Waals surface area (Å²) in [5, 5.41) is 2.69. The van der Waals surface area contributed by atoms with E-state index in [4.69, 9.17) is 14.2 Å². The number of hydrogen-bond acceptors (Lipinski definition) is 5. The third-order valence-electron chi connectivity index (χ3n) is 3.46. The van der Waals surface area contributed by atoms with Crippen molar-refractivity contribution in [1.82, 2.24) is 0 Å². The zero-order chi connectivity index (χ0) is 19.1. The fraction of sp³-hybridized carbons (Fsp3) is 0.300. The van der Waals surface area contributed by atoms with E-state index in [1.54, 1.807) is 36.4 Å². The molecule has 0 aliphatic heterocycles. The molecule has 6 heteroatoms. The second kappa shape index (κ2) is 8.89. The number of para-hydroxylation sites is 1. The largest absolute Gasteiger partial charge is 0.493 e. The Hall–Kier alpha value is -3.02. The van der Waals surface area contributed by atoms with Gasteiger partial charge in [0.25, 0.3) is 5.91 Å². The van der Waals surface area contributed by atoms with Crippen LogP contribution in [0.4, 0.5) is 5.69 Å². The molecular weight excluding hydrogens is 334 g/mol. The molecule has 0 fully saturated rings. The van der Waals surface area contributed by atoms with E-state index < -0.39 is 18.0 Å². The molecule has 2 aromatic carbocycles. The van der Waals surface area contributed by atoms with Gasteiger partial charge in [-0.3, -0.25) is 4.79 Å². The molecule has 0 bridgehead atoms. The van der Waals surface area contributed by atoms with Crippen molar-refractivity contribution in [2.75, 3.05) is 12.4 Å². The smallest absolute Gasteiger partial charge is 0.339 e. The minimum atomic E-state index is -0.944. The second-order valence-corrected chi connectivity index (χ2v) is 5.94. The van der Waals surface area contributed by atoms with Crippen molar-refractivity contribution in [3.63, 3.8) is 0 Å². The second-order valence-electron chi connectivity index (χ2n) is 5.94. The average molecular weight is 357 g/mol. The molecule has 0 aliphatic rings. The standard InChI is InChI=1S/C20H23NO5/c1-13(2)25-17-11-10-15(12-18(17)24-4)20(23)26-14(3)19(22)21-16-8-6-5-7-9-16/h5-14H,1-4H3,(H,21,22). The highest BCUT2D eigenvalue weighted by Gasteiger charge is 2.20. The molecule has 26 heavy (non-hydrogen) atoms. The topological polar surface area (TPSA) is 73.9 Å². The Morgan fingerprint density at radius 3 is 2.27 bits per heavy atom. The van der Waals surface area contributed by atoms with E-state index in [1.165, 1.54) is 20.1 Å². The summed E-state index contributed by atoms with van der Waals surface area (Å²) in [6, 6.07) is 13.7. The van der Waals surface area contributed by atoms with Gasteiger partial charge in [0.15, 0.2) is 17.6 Å². The lowest BCUT2D eigenvalue weighted by Crippen LogP contribution is -2.30. The number of amides is 1. The maximum Gasteiger partial charge on any atom is 0.339 e.